The molecular formula is C49H42N6O14S3. The Hall–Kier alpha value is -8.30. The van der Waals surface area contributed by atoms with Crippen LogP contribution in [0.2, 0.25) is 0 Å². The Morgan fingerprint density at radius 1 is 0.472 bits per heavy atom. The molecule has 20 nitrogen and oxygen atoms in total. The van der Waals surface area contributed by atoms with Gasteiger partial charge in [0, 0.05) is 46.5 Å². The predicted molar refractivity (Wildman–Crippen MR) is 256 cm³/mol. The van der Waals surface area contributed by atoms with Crippen molar-refractivity contribution >= 4 is 85.7 Å². The van der Waals surface area contributed by atoms with E-state index in [0.29, 0.717) is 25.0 Å². The van der Waals surface area contributed by atoms with E-state index in [-0.39, 0.29) is 38.9 Å². The Morgan fingerprint density at radius 2 is 0.819 bits per heavy atom. The summed E-state index contributed by atoms with van der Waals surface area (Å²) in [6.07, 6.45) is 9.67. The van der Waals surface area contributed by atoms with Gasteiger partial charge in [-0.25, -0.2) is 4.79 Å². The maximum Gasteiger partial charge on any atom is 0.378 e. The molecule has 0 saturated heterocycles. The second-order valence-electron chi connectivity index (χ2n) is 16.3. The van der Waals surface area contributed by atoms with Gasteiger partial charge in [-0.2, -0.15) is 25.3 Å². The van der Waals surface area contributed by atoms with Crippen LogP contribution in [0.4, 0.5) is 17.1 Å². The summed E-state index contributed by atoms with van der Waals surface area (Å²) in [6.45, 7) is 1.99. The zero-order valence-electron chi connectivity index (χ0n) is 38.2. The first-order valence-corrected chi connectivity index (χ1v) is 26.6. The van der Waals surface area contributed by atoms with E-state index in [4.69, 9.17) is 17.3 Å². The van der Waals surface area contributed by atoms with Gasteiger partial charge in [0.2, 0.25) is 21.9 Å². The van der Waals surface area contributed by atoms with Crippen LogP contribution in [-0.2, 0) is 35.1 Å². The number of benzene rings is 7. The van der Waals surface area contributed by atoms with Crippen molar-refractivity contribution in [3.63, 3.8) is 0 Å². The largest absolute Gasteiger partial charge is 0.867 e. The summed E-state index contributed by atoms with van der Waals surface area (Å²) in [5.74, 6) is -7.46. The molecule has 0 aromatic heterocycles. The second-order valence-corrected chi connectivity index (χ2v) is 20.9. The van der Waals surface area contributed by atoms with Crippen LogP contribution in [0.1, 0.15) is 81.5 Å². The van der Waals surface area contributed by atoms with Crippen LogP contribution < -0.4 is 27.9 Å². The first kappa shape index (κ1) is 51.5. The van der Waals surface area contributed by atoms with E-state index in [1.807, 2.05) is 0 Å². The quantitative estimate of drug-likeness (QED) is 0.0279. The van der Waals surface area contributed by atoms with Crippen LogP contribution in [0.3, 0.4) is 0 Å². The summed E-state index contributed by atoms with van der Waals surface area (Å²) in [4.78, 5) is 20.5. The van der Waals surface area contributed by atoms with E-state index in [1.54, 1.807) is 0 Å². The Kier molecular flexibility index (Phi) is 15.6. The lowest BCUT2D eigenvalue weighted by Gasteiger charge is -2.19. The van der Waals surface area contributed by atoms with E-state index < -0.39 is 108 Å². The molecule has 0 spiro atoms. The SMILES string of the molecule is CCCCCCCCCCCCOC(=O)c1cc(OS(=O)(=O)c2cccc3c([O-])c([N+]#N)ccc23)c(OS(=O)(=O)c2cccc3c([O-])c([N+]#N)ccc23)c(OS(=O)(=O)c2cccc3c([O-])c([N+]#N)ccc23)c1. The summed E-state index contributed by atoms with van der Waals surface area (Å²) in [7, 11) is -16.0. The Labute approximate surface area is 413 Å². The van der Waals surface area contributed by atoms with Gasteiger partial charge in [-0.05, 0) is 76.2 Å². The molecule has 0 aliphatic carbocycles. The molecule has 72 heavy (non-hydrogen) atoms. The van der Waals surface area contributed by atoms with Gasteiger partial charge in [0.1, 0.15) is 14.7 Å². The molecule has 0 aliphatic heterocycles. The third kappa shape index (κ3) is 10.9. The highest BCUT2D eigenvalue weighted by Crippen LogP contribution is 2.46. The van der Waals surface area contributed by atoms with Crippen LogP contribution >= 0.6 is 0 Å². The normalized spacial score (nSPS) is 11.7. The second kappa shape index (κ2) is 21.8. The summed E-state index contributed by atoms with van der Waals surface area (Å²) in [5.41, 5.74) is -1.96. The number of fused-ring (bicyclic) bond motifs is 3. The summed E-state index contributed by atoms with van der Waals surface area (Å²) in [6, 6.07) is 17.9. The van der Waals surface area contributed by atoms with Crippen molar-refractivity contribution in [2.75, 3.05) is 6.61 Å². The lowest BCUT2D eigenvalue weighted by molar-refractivity contribution is -0.265. The van der Waals surface area contributed by atoms with Gasteiger partial charge in [0.05, 0.1) is 12.2 Å². The molecule has 0 aliphatic rings. The molecule has 7 aromatic carbocycles. The van der Waals surface area contributed by atoms with Crippen LogP contribution in [0.25, 0.3) is 47.2 Å². The molecule has 0 bridgehead atoms. The van der Waals surface area contributed by atoms with E-state index in [2.05, 4.69) is 21.9 Å². The monoisotopic (exact) mass is 1030 g/mol. The topological polar surface area (TPSA) is 310 Å². The highest BCUT2D eigenvalue weighted by atomic mass is 32.2. The number of esters is 1. The zero-order chi connectivity index (χ0) is 51.8. The van der Waals surface area contributed by atoms with Crippen molar-refractivity contribution in [1.29, 1.82) is 16.2 Å². The first-order chi connectivity index (χ1) is 34.5. The fourth-order valence-electron chi connectivity index (χ4n) is 7.98. The lowest BCUT2D eigenvalue weighted by atomic mass is 10.1. The van der Waals surface area contributed by atoms with Gasteiger partial charge in [0.25, 0.3) is 0 Å². The fourth-order valence-corrected chi connectivity index (χ4v) is 11.4. The van der Waals surface area contributed by atoms with Crippen molar-refractivity contribution < 1.29 is 62.7 Å². The molecule has 370 valence electrons. The third-order valence-electron chi connectivity index (χ3n) is 11.6. The number of diazo groups is 3. The molecule has 0 atom stereocenters. The standard InChI is InChI=1S/C49H42N6O14S3/c1-2-3-4-5-6-7-8-9-10-11-27-66-49(59)30-28-40(67-70(60,61)42-18-12-15-34-31(42)21-24-37(53-50)45(34)56)48(69-72(64,65)44-20-14-17-36-33(44)23-26-39(55-52)47(36)58)41(29-30)68-71(62,63)43-19-13-16-35-32(43)22-25-38(54-51)46(35)57/h12-26,28-29H,2-11,27H2,1H3. The molecule has 0 amide bonds. The van der Waals surface area contributed by atoms with E-state index in [1.165, 1.54) is 31.0 Å². The number of carbonyl (C=O) groups excluding carboxylic acids is 1. The molecule has 0 unspecified atom stereocenters. The van der Waals surface area contributed by atoms with Crippen LogP contribution in [0.15, 0.2) is 118 Å². The Balaban J connectivity index is 1.37. The van der Waals surface area contributed by atoms with Crippen molar-refractivity contribution in [3.05, 3.63) is 124 Å². The minimum atomic E-state index is -5.37. The number of unbranched alkanes of at least 4 members (excludes halogenated alkanes) is 9. The molecular weight excluding hydrogens is 993 g/mol. The summed E-state index contributed by atoms with van der Waals surface area (Å²) in [5, 5.41) is 65.7. The fraction of sp³-hybridized carbons (Fsp3) is 0.245. The van der Waals surface area contributed by atoms with E-state index in [9.17, 15) is 61.5 Å². The van der Waals surface area contributed by atoms with Gasteiger partial charge >= 0.3 is 53.4 Å². The van der Waals surface area contributed by atoms with Gasteiger partial charge in [-0.1, -0.05) is 101 Å². The maximum atomic E-state index is 14.5. The summed E-state index contributed by atoms with van der Waals surface area (Å²) < 4.78 is 109. The molecule has 0 fully saturated rings. The van der Waals surface area contributed by atoms with Gasteiger partial charge < -0.3 is 32.6 Å². The lowest BCUT2D eigenvalue weighted by Crippen LogP contribution is -2.18. The molecule has 23 heteroatoms. The number of rotatable bonds is 21. The average molecular weight is 1040 g/mol. The van der Waals surface area contributed by atoms with E-state index in [0.717, 1.165) is 111 Å². The zero-order valence-corrected chi connectivity index (χ0v) is 40.7. The number of hydrogen-bond acceptors (Lipinski definition) is 17. The Morgan fingerprint density at radius 3 is 1.18 bits per heavy atom. The highest BCUT2D eigenvalue weighted by molar-refractivity contribution is 7.88. The maximum absolute atomic E-state index is 14.5. The highest BCUT2D eigenvalue weighted by Gasteiger charge is 2.34. The van der Waals surface area contributed by atoms with Gasteiger partial charge in [-0.15, -0.1) is 0 Å². The summed E-state index contributed by atoms with van der Waals surface area (Å²) >= 11 is 0. The molecule has 0 saturated carbocycles. The minimum Gasteiger partial charge on any atom is -0.867 e. The molecule has 0 radical (unpaired) electrons. The molecule has 0 N–H and O–H groups in total. The third-order valence-corrected chi connectivity index (χ3v) is 15.4. The average Bonchev–Trinajstić information content (AvgIpc) is 3.36. The van der Waals surface area contributed by atoms with Gasteiger partial charge in [-0.3, -0.25) is 0 Å². The predicted octanol–water partition coefficient (Wildman–Crippen LogP) is 10.2. The molecule has 7 rings (SSSR count). The van der Waals surface area contributed by atoms with Crippen molar-refractivity contribution in [2.45, 2.75) is 85.8 Å². The van der Waals surface area contributed by atoms with Crippen LogP contribution in [-0.4, -0.2) is 37.8 Å². The van der Waals surface area contributed by atoms with Crippen molar-refractivity contribution in [2.24, 2.45) is 0 Å². The molecule has 0 heterocycles. The number of ether oxygens (including phenoxy) is 1. The minimum absolute atomic E-state index is 0.149. The number of carbonyl (C=O) groups is 1. The number of nitrogens with zero attached hydrogens (tertiary/aromatic N) is 6. The Bertz CT molecular complexity index is 3600. The van der Waals surface area contributed by atoms with Crippen molar-refractivity contribution in [3.8, 4) is 34.5 Å². The number of hydrogen-bond donors (Lipinski definition) is 0. The van der Waals surface area contributed by atoms with Crippen molar-refractivity contribution in [1.82, 2.24) is 0 Å². The van der Waals surface area contributed by atoms with Crippen LogP contribution in [0, 0.1) is 16.2 Å². The van der Waals surface area contributed by atoms with E-state index >= 15 is 0 Å². The first-order valence-electron chi connectivity index (χ1n) is 22.4. The van der Waals surface area contributed by atoms with Gasteiger partial charge in [0.15, 0.2) is 26.4 Å². The van der Waals surface area contributed by atoms with Crippen LogP contribution in [0.5, 0.6) is 34.5 Å². The molecule has 7 aromatic rings. The smallest absolute Gasteiger partial charge is 0.378 e.